The number of benzene rings is 1. The zero-order valence-corrected chi connectivity index (χ0v) is 13.1. The number of amides is 2. The van der Waals surface area contributed by atoms with E-state index in [1.54, 1.807) is 12.1 Å². The molecule has 2 N–H and O–H groups in total. The quantitative estimate of drug-likeness (QED) is 0.645. The Hall–Kier alpha value is -1.82. The van der Waals surface area contributed by atoms with E-state index in [-0.39, 0.29) is 18.4 Å². The average molecular weight is 353 g/mol. The molecule has 1 aliphatic rings. The van der Waals surface area contributed by atoms with Gasteiger partial charge in [-0.1, -0.05) is 28.1 Å². The van der Waals surface area contributed by atoms with Gasteiger partial charge in [-0.15, -0.1) is 0 Å². The fourth-order valence-electron chi connectivity index (χ4n) is 1.98. The molecular formula is C15H17BrN2O3. The Balaban J connectivity index is 1.68. The first-order chi connectivity index (χ1) is 10.1. The molecule has 0 aliphatic heterocycles. The lowest BCUT2D eigenvalue weighted by Gasteiger charge is -2.17. The van der Waals surface area contributed by atoms with Gasteiger partial charge in [-0.2, -0.15) is 0 Å². The Morgan fingerprint density at radius 3 is 2.62 bits per heavy atom. The lowest BCUT2D eigenvalue weighted by atomic mass is 9.94. The third-order valence-electron chi connectivity index (χ3n) is 3.15. The number of hydrazine groups is 1. The molecule has 1 aliphatic carbocycles. The van der Waals surface area contributed by atoms with Gasteiger partial charge < -0.3 is 4.74 Å². The van der Waals surface area contributed by atoms with E-state index in [0.717, 1.165) is 23.7 Å². The SMILES string of the molecule is O=C(COc1ccc(Br)cc1)NNC(=O)C1CC=CCC1. The minimum atomic E-state index is -0.391. The van der Waals surface area contributed by atoms with Crippen molar-refractivity contribution in [2.75, 3.05) is 6.61 Å². The van der Waals surface area contributed by atoms with E-state index in [1.807, 2.05) is 18.2 Å². The van der Waals surface area contributed by atoms with Crippen LogP contribution in [0.5, 0.6) is 5.75 Å². The van der Waals surface area contributed by atoms with Gasteiger partial charge in [0.25, 0.3) is 5.91 Å². The molecule has 5 nitrogen and oxygen atoms in total. The van der Waals surface area contributed by atoms with E-state index in [4.69, 9.17) is 4.74 Å². The van der Waals surface area contributed by atoms with Crippen molar-refractivity contribution in [3.05, 3.63) is 40.9 Å². The van der Waals surface area contributed by atoms with E-state index in [1.165, 1.54) is 0 Å². The van der Waals surface area contributed by atoms with Crippen molar-refractivity contribution in [2.24, 2.45) is 5.92 Å². The molecule has 1 atom stereocenters. The monoisotopic (exact) mass is 352 g/mol. The van der Waals surface area contributed by atoms with Crippen molar-refractivity contribution < 1.29 is 14.3 Å². The number of nitrogens with one attached hydrogen (secondary N) is 2. The summed E-state index contributed by atoms with van der Waals surface area (Å²) in [6.45, 7) is -0.146. The molecule has 21 heavy (non-hydrogen) atoms. The molecule has 0 spiro atoms. The first kappa shape index (κ1) is 15.6. The summed E-state index contributed by atoms with van der Waals surface area (Å²) in [5, 5.41) is 0. The van der Waals surface area contributed by atoms with E-state index >= 15 is 0 Å². The maximum Gasteiger partial charge on any atom is 0.276 e. The Morgan fingerprint density at radius 1 is 1.19 bits per heavy atom. The van der Waals surface area contributed by atoms with Crippen molar-refractivity contribution in [3.63, 3.8) is 0 Å². The van der Waals surface area contributed by atoms with Gasteiger partial charge >= 0.3 is 0 Å². The number of hydrogen-bond donors (Lipinski definition) is 2. The first-order valence-corrected chi connectivity index (χ1v) is 7.56. The second kappa shape index (κ2) is 7.83. The highest BCUT2D eigenvalue weighted by molar-refractivity contribution is 9.10. The van der Waals surface area contributed by atoms with Crippen LogP contribution in [0.2, 0.25) is 0 Å². The topological polar surface area (TPSA) is 67.4 Å². The first-order valence-electron chi connectivity index (χ1n) is 6.77. The molecule has 2 rings (SSSR count). The Bertz CT molecular complexity index is 528. The van der Waals surface area contributed by atoms with Crippen molar-refractivity contribution in [3.8, 4) is 5.75 Å². The molecule has 1 aromatic rings. The van der Waals surface area contributed by atoms with Crippen LogP contribution >= 0.6 is 15.9 Å². The van der Waals surface area contributed by atoms with Gasteiger partial charge in [-0.3, -0.25) is 20.4 Å². The van der Waals surface area contributed by atoms with Gasteiger partial charge in [0.2, 0.25) is 5.91 Å². The van der Waals surface area contributed by atoms with Crippen LogP contribution in [0.3, 0.4) is 0 Å². The van der Waals surface area contributed by atoms with Gasteiger partial charge in [-0.25, -0.2) is 0 Å². The molecular weight excluding hydrogens is 336 g/mol. The highest BCUT2D eigenvalue weighted by Crippen LogP contribution is 2.17. The normalized spacial score (nSPS) is 17.1. The number of allylic oxidation sites excluding steroid dienone is 2. The van der Waals surface area contributed by atoms with Crippen LogP contribution in [0.4, 0.5) is 0 Å². The van der Waals surface area contributed by atoms with Crippen LogP contribution in [0.15, 0.2) is 40.9 Å². The predicted molar refractivity (Wildman–Crippen MR) is 82.4 cm³/mol. The van der Waals surface area contributed by atoms with Crippen LogP contribution < -0.4 is 15.6 Å². The number of rotatable bonds is 4. The van der Waals surface area contributed by atoms with Crippen LogP contribution in [0.25, 0.3) is 0 Å². The van der Waals surface area contributed by atoms with Crippen molar-refractivity contribution in [1.82, 2.24) is 10.9 Å². The molecule has 0 radical (unpaired) electrons. The second-order valence-electron chi connectivity index (χ2n) is 4.76. The fourth-order valence-corrected chi connectivity index (χ4v) is 2.25. The molecule has 0 aromatic heterocycles. The van der Waals surface area contributed by atoms with Crippen LogP contribution in [0.1, 0.15) is 19.3 Å². The summed E-state index contributed by atoms with van der Waals surface area (Å²) in [5.41, 5.74) is 4.80. The van der Waals surface area contributed by atoms with Gasteiger partial charge in [0, 0.05) is 10.4 Å². The molecule has 112 valence electrons. The van der Waals surface area contributed by atoms with E-state index in [9.17, 15) is 9.59 Å². The number of ether oxygens (including phenoxy) is 1. The smallest absolute Gasteiger partial charge is 0.276 e. The Labute approximate surface area is 131 Å². The van der Waals surface area contributed by atoms with Crippen molar-refractivity contribution in [1.29, 1.82) is 0 Å². The van der Waals surface area contributed by atoms with Crippen LogP contribution in [-0.4, -0.2) is 18.4 Å². The van der Waals surface area contributed by atoms with E-state index < -0.39 is 5.91 Å². The summed E-state index contributed by atoms with van der Waals surface area (Å²) in [7, 11) is 0. The molecule has 2 amide bonds. The second-order valence-corrected chi connectivity index (χ2v) is 5.68. The zero-order valence-electron chi connectivity index (χ0n) is 11.5. The van der Waals surface area contributed by atoms with Crippen LogP contribution in [-0.2, 0) is 9.59 Å². The summed E-state index contributed by atoms with van der Waals surface area (Å²) >= 11 is 3.32. The molecule has 0 saturated heterocycles. The minimum Gasteiger partial charge on any atom is -0.484 e. The molecule has 1 aromatic carbocycles. The maximum absolute atomic E-state index is 11.8. The molecule has 1 unspecified atom stereocenters. The maximum atomic E-state index is 11.8. The van der Waals surface area contributed by atoms with E-state index in [0.29, 0.717) is 5.75 Å². The molecule has 0 heterocycles. The Kier molecular flexibility index (Phi) is 5.80. The lowest BCUT2D eigenvalue weighted by Crippen LogP contribution is -2.46. The third-order valence-corrected chi connectivity index (χ3v) is 3.68. The Morgan fingerprint density at radius 2 is 1.95 bits per heavy atom. The lowest BCUT2D eigenvalue weighted by molar-refractivity contribution is -0.132. The van der Waals surface area contributed by atoms with Gasteiger partial charge in [0.1, 0.15) is 5.75 Å². The van der Waals surface area contributed by atoms with Crippen LogP contribution in [0, 0.1) is 5.92 Å². The van der Waals surface area contributed by atoms with Crippen molar-refractivity contribution in [2.45, 2.75) is 19.3 Å². The van der Waals surface area contributed by atoms with E-state index in [2.05, 4.69) is 32.9 Å². The highest BCUT2D eigenvalue weighted by atomic mass is 79.9. The summed E-state index contributed by atoms with van der Waals surface area (Å²) in [5.74, 6) is -0.0197. The molecule has 0 saturated carbocycles. The summed E-state index contributed by atoms with van der Waals surface area (Å²) in [6.07, 6.45) is 6.49. The minimum absolute atomic E-state index is 0.0670. The largest absolute Gasteiger partial charge is 0.484 e. The predicted octanol–water partition coefficient (Wildman–Crippen LogP) is 2.33. The number of halogens is 1. The zero-order chi connectivity index (χ0) is 15.1. The molecule has 6 heteroatoms. The summed E-state index contributed by atoms with van der Waals surface area (Å²) in [6, 6.07) is 7.16. The fraction of sp³-hybridized carbons (Fsp3) is 0.333. The van der Waals surface area contributed by atoms with Gasteiger partial charge in [-0.05, 0) is 43.5 Å². The average Bonchev–Trinajstić information content (AvgIpc) is 2.53. The standard InChI is InChI=1S/C15H17BrN2O3/c16-12-6-8-13(9-7-12)21-10-14(19)17-18-15(20)11-4-2-1-3-5-11/h1-2,6-9,11H,3-5,10H2,(H,17,19)(H,18,20). The number of carbonyl (C=O) groups excluding carboxylic acids is 2. The molecule has 0 bridgehead atoms. The van der Waals surface area contributed by atoms with Gasteiger partial charge in [0.15, 0.2) is 6.61 Å². The summed E-state index contributed by atoms with van der Waals surface area (Å²) < 4.78 is 6.24. The number of hydrogen-bond acceptors (Lipinski definition) is 3. The highest BCUT2D eigenvalue weighted by Gasteiger charge is 2.18. The summed E-state index contributed by atoms with van der Waals surface area (Å²) in [4.78, 5) is 23.4. The van der Waals surface area contributed by atoms with Gasteiger partial charge in [0.05, 0.1) is 0 Å². The van der Waals surface area contributed by atoms with Crippen molar-refractivity contribution >= 4 is 27.7 Å². The molecule has 0 fully saturated rings. The third kappa shape index (κ3) is 5.23. The number of carbonyl (C=O) groups is 2.